The highest BCUT2D eigenvalue weighted by Gasteiger charge is 2.29. The summed E-state index contributed by atoms with van der Waals surface area (Å²) in [6.07, 6.45) is 2.84. The largest absolute Gasteiger partial charge is 0.496 e. The number of benzene rings is 1. The molecule has 1 saturated heterocycles. The van der Waals surface area contributed by atoms with E-state index in [9.17, 15) is 9.59 Å². The summed E-state index contributed by atoms with van der Waals surface area (Å²) in [5.41, 5.74) is 1.15. The first kappa shape index (κ1) is 20.2. The number of carbonyl (C=O) groups excluding carboxylic acids is 2. The Hall–Kier alpha value is -2.08. The van der Waals surface area contributed by atoms with Crippen molar-refractivity contribution in [3.8, 4) is 5.75 Å². The van der Waals surface area contributed by atoms with E-state index in [-0.39, 0.29) is 17.7 Å². The molecule has 1 aromatic rings. The number of nitrogens with zero attached hydrogens (tertiary/aromatic N) is 2. The maximum absolute atomic E-state index is 12.4. The van der Waals surface area contributed by atoms with E-state index in [0.717, 1.165) is 30.7 Å². The van der Waals surface area contributed by atoms with Crippen molar-refractivity contribution in [2.75, 3.05) is 47.4 Å². The fraction of sp³-hybridized carbons (Fsp3) is 0.600. The Labute approximate surface area is 156 Å². The minimum absolute atomic E-state index is 0.0624. The van der Waals surface area contributed by atoms with Gasteiger partial charge in [0.15, 0.2) is 0 Å². The lowest BCUT2D eigenvalue weighted by atomic mass is 9.96. The first-order valence-electron chi connectivity index (χ1n) is 9.33. The van der Waals surface area contributed by atoms with Crippen molar-refractivity contribution in [1.82, 2.24) is 15.1 Å². The summed E-state index contributed by atoms with van der Waals surface area (Å²) in [5, 5.41) is 3.03. The van der Waals surface area contributed by atoms with Crippen LogP contribution in [0, 0.1) is 5.92 Å². The highest BCUT2D eigenvalue weighted by atomic mass is 16.5. The van der Waals surface area contributed by atoms with Gasteiger partial charge in [0, 0.05) is 32.6 Å². The fourth-order valence-corrected chi connectivity index (χ4v) is 3.21. The molecule has 1 fully saturated rings. The molecule has 1 aliphatic rings. The molecule has 0 aromatic heterocycles. The van der Waals surface area contributed by atoms with E-state index in [2.05, 4.69) is 16.3 Å². The standard InChI is InChI=1S/C20H31N3O3/c1-22(2)13-14-23-15-17(10-11-19(23)24)20(25)21-12-6-8-16-7-4-5-9-18(16)26-3/h4-5,7,9,17H,6,8,10-15H2,1-3H3,(H,21,25)/t17-/m0/s1. The molecule has 0 unspecified atom stereocenters. The molecule has 6 nitrogen and oxygen atoms in total. The zero-order valence-electron chi connectivity index (χ0n) is 16.2. The van der Waals surface area contributed by atoms with Gasteiger partial charge < -0.3 is 19.9 Å². The van der Waals surface area contributed by atoms with Gasteiger partial charge in [-0.15, -0.1) is 0 Å². The molecule has 0 saturated carbocycles. The van der Waals surface area contributed by atoms with Crippen LogP contribution >= 0.6 is 0 Å². The van der Waals surface area contributed by atoms with Gasteiger partial charge in [0.2, 0.25) is 11.8 Å². The highest BCUT2D eigenvalue weighted by Crippen LogP contribution is 2.19. The maximum atomic E-state index is 12.4. The molecule has 1 heterocycles. The van der Waals surface area contributed by atoms with E-state index >= 15 is 0 Å². The van der Waals surface area contributed by atoms with Gasteiger partial charge in [-0.25, -0.2) is 0 Å². The van der Waals surface area contributed by atoms with Crippen molar-refractivity contribution in [2.24, 2.45) is 5.92 Å². The Morgan fingerprint density at radius 2 is 2.12 bits per heavy atom. The Kier molecular flexibility index (Phi) is 7.91. The second kappa shape index (κ2) is 10.2. The van der Waals surface area contributed by atoms with Crippen LogP contribution in [0.2, 0.25) is 0 Å². The summed E-state index contributed by atoms with van der Waals surface area (Å²) < 4.78 is 5.35. The number of nitrogens with one attached hydrogen (secondary N) is 1. The van der Waals surface area contributed by atoms with Gasteiger partial charge in [-0.3, -0.25) is 9.59 Å². The highest BCUT2D eigenvalue weighted by molar-refractivity contribution is 5.83. The number of carbonyl (C=O) groups is 2. The quantitative estimate of drug-likeness (QED) is 0.678. The lowest BCUT2D eigenvalue weighted by Gasteiger charge is -2.32. The van der Waals surface area contributed by atoms with Gasteiger partial charge in [-0.05, 0) is 45.0 Å². The van der Waals surface area contributed by atoms with Crippen LogP contribution in [-0.4, -0.2) is 69.0 Å². The second-order valence-electron chi connectivity index (χ2n) is 7.09. The molecule has 0 radical (unpaired) electrons. The molecule has 144 valence electrons. The fourth-order valence-electron chi connectivity index (χ4n) is 3.21. The number of methoxy groups -OCH3 is 1. The average molecular weight is 361 g/mol. The van der Waals surface area contributed by atoms with E-state index in [1.807, 2.05) is 37.2 Å². The molecule has 1 atom stereocenters. The Morgan fingerprint density at radius 1 is 1.35 bits per heavy atom. The number of rotatable bonds is 9. The van der Waals surface area contributed by atoms with Gasteiger partial charge in [0.1, 0.15) is 5.75 Å². The lowest BCUT2D eigenvalue weighted by Crippen LogP contribution is -2.47. The van der Waals surface area contributed by atoms with E-state index in [1.54, 1.807) is 7.11 Å². The number of hydrogen-bond donors (Lipinski definition) is 1. The number of likely N-dealkylation sites (N-methyl/N-ethyl adjacent to an activating group) is 1. The summed E-state index contributed by atoms with van der Waals surface area (Å²) in [6.45, 7) is 2.67. The zero-order chi connectivity index (χ0) is 18.9. The third-order valence-corrected chi connectivity index (χ3v) is 4.80. The topological polar surface area (TPSA) is 61.9 Å². The molecule has 2 amide bonds. The van der Waals surface area contributed by atoms with Crippen LogP contribution in [0.3, 0.4) is 0 Å². The first-order valence-corrected chi connectivity index (χ1v) is 9.33. The van der Waals surface area contributed by atoms with Crippen molar-refractivity contribution >= 4 is 11.8 Å². The number of para-hydroxylation sites is 1. The van der Waals surface area contributed by atoms with Gasteiger partial charge in [-0.2, -0.15) is 0 Å². The zero-order valence-corrected chi connectivity index (χ0v) is 16.2. The van der Waals surface area contributed by atoms with Crippen molar-refractivity contribution in [3.63, 3.8) is 0 Å². The predicted molar refractivity (Wildman–Crippen MR) is 102 cm³/mol. The summed E-state index contributed by atoms with van der Waals surface area (Å²) in [6, 6.07) is 7.96. The van der Waals surface area contributed by atoms with Gasteiger partial charge in [0.25, 0.3) is 0 Å². The monoisotopic (exact) mass is 361 g/mol. The summed E-state index contributed by atoms with van der Waals surface area (Å²) in [5.74, 6) is 1.02. The van der Waals surface area contributed by atoms with Crippen LogP contribution in [0.5, 0.6) is 5.75 Å². The van der Waals surface area contributed by atoms with E-state index in [1.165, 1.54) is 0 Å². The molecule has 0 bridgehead atoms. The average Bonchev–Trinajstić information content (AvgIpc) is 2.64. The van der Waals surface area contributed by atoms with Crippen LogP contribution in [0.4, 0.5) is 0 Å². The molecular weight excluding hydrogens is 330 g/mol. The number of likely N-dealkylation sites (tertiary alicyclic amines) is 1. The summed E-state index contributed by atoms with van der Waals surface area (Å²) >= 11 is 0. The van der Waals surface area contributed by atoms with Crippen molar-refractivity contribution in [2.45, 2.75) is 25.7 Å². The number of amides is 2. The normalized spacial score (nSPS) is 17.5. The predicted octanol–water partition coefficient (Wildman–Crippen LogP) is 1.54. The lowest BCUT2D eigenvalue weighted by molar-refractivity contribution is -0.138. The minimum Gasteiger partial charge on any atom is -0.496 e. The Bertz CT molecular complexity index is 604. The number of aryl methyl sites for hydroxylation is 1. The molecule has 2 rings (SSSR count). The molecule has 1 aliphatic heterocycles. The molecule has 0 spiro atoms. The van der Waals surface area contributed by atoms with Crippen LogP contribution in [0.25, 0.3) is 0 Å². The molecule has 0 aliphatic carbocycles. The van der Waals surface area contributed by atoms with Crippen molar-refractivity contribution in [3.05, 3.63) is 29.8 Å². The Morgan fingerprint density at radius 3 is 2.85 bits per heavy atom. The van der Waals surface area contributed by atoms with Crippen LogP contribution < -0.4 is 10.1 Å². The van der Waals surface area contributed by atoms with Gasteiger partial charge in [-0.1, -0.05) is 18.2 Å². The van der Waals surface area contributed by atoms with E-state index in [4.69, 9.17) is 4.74 Å². The number of piperidine rings is 1. The molecule has 26 heavy (non-hydrogen) atoms. The molecule has 1 aromatic carbocycles. The van der Waals surface area contributed by atoms with Gasteiger partial charge in [0.05, 0.1) is 13.0 Å². The van der Waals surface area contributed by atoms with Crippen LogP contribution in [0.15, 0.2) is 24.3 Å². The Balaban J connectivity index is 1.74. The second-order valence-corrected chi connectivity index (χ2v) is 7.09. The smallest absolute Gasteiger partial charge is 0.224 e. The van der Waals surface area contributed by atoms with E-state index in [0.29, 0.717) is 32.5 Å². The summed E-state index contributed by atoms with van der Waals surface area (Å²) in [4.78, 5) is 28.3. The number of ether oxygens (including phenoxy) is 1. The maximum Gasteiger partial charge on any atom is 0.224 e. The van der Waals surface area contributed by atoms with Crippen LogP contribution in [-0.2, 0) is 16.0 Å². The SMILES string of the molecule is COc1ccccc1CCCNC(=O)[C@H]1CCC(=O)N(CCN(C)C)C1. The molecular formula is C20H31N3O3. The van der Waals surface area contributed by atoms with Crippen LogP contribution in [0.1, 0.15) is 24.8 Å². The van der Waals surface area contributed by atoms with E-state index < -0.39 is 0 Å². The summed E-state index contributed by atoms with van der Waals surface area (Å²) in [7, 11) is 5.65. The third-order valence-electron chi connectivity index (χ3n) is 4.80. The third kappa shape index (κ3) is 6.02. The van der Waals surface area contributed by atoms with Crippen molar-refractivity contribution in [1.29, 1.82) is 0 Å². The molecule has 1 N–H and O–H groups in total. The van der Waals surface area contributed by atoms with Gasteiger partial charge >= 0.3 is 0 Å². The molecule has 6 heteroatoms. The minimum atomic E-state index is -0.0962. The first-order chi connectivity index (χ1) is 12.5. The number of hydrogen-bond acceptors (Lipinski definition) is 4. The van der Waals surface area contributed by atoms with Crippen molar-refractivity contribution < 1.29 is 14.3 Å².